The number of amides is 1. The summed E-state index contributed by atoms with van der Waals surface area (Å²) in [6.07, 6.45) is 6.30. The van der Waals surface area contributed by atoms with Crippen LogP contribution in [0.1, 0.15) is 25.7 Å². The average Bonchev–Trinajstić information content (AvgIpc) is 2.96. The molecule has 0 aliphatic carbocycles. The van der Waals surface area contributed by atoms with E-state index < -0.39 is 0 Å². The first-order chi connectivity index (χ1) is 10.6. The number of carbonyl (C=O) groups excluding carboxylic acids is 1. The second kappa shape index (κ2) is 7.94. The Hall–Kier alpha value is -1.11. The molecule has 0 saturated carbocycles. The number of halogens is 1. The first kappa shape index (κ1) is 17.2. The van der Waals surface area contributed by atoms with Gasteiger partial charge in [-0.1, -0.05) is 11.6 Å². The van der Waals surface area contributed by atoms with Crippen molar-refractivity contribution in [1.29, 1.82) is 0 Å². The minimum Gasteiger partial charge on any atom is -0.396 e. The molecule has 0 unspecified atom stereocenters. The molecule has 0 spiro atoms. The normalized spacial score (nSPS) is 22.0. The van der Waals surface area contributed by atoms with E-state index in [1.54, 1.807) is 24.2 Å². The third kappa shape index (κ3) is 4.44. The molecule has 1 amide bonds. The monoisotopic (exact) mass is 329 g/mol. The summed E-state index contributed by atoms with van der Waals surface area (Å²) in [5.74, 6) is 0.0987. The van der Waals surface area contributed by atoms with Crippen LogP contribution in [-0.4, -0.2) is 59.1 Å². The number of methoxy groups -OCH3 is 1. The van der Waals surface area contributed by atoms with Crippen LogP contribution in [0.25, 0.3) is 0 Å². The predicted molar refractivity (Wildman–Crippen MR) is 83.7 cm³/mol. The van der Waals surface area contributed by atoms with E-state index in [4.69, 9.17) is 16.3 Å². The summed E-state index contributed by atoms with van der Waals surface area (Å²) < 4.78 is 6.81. The van der Waals surface area contributed by atoms with E-state index in [0.29, 0.717) is 31.1 Å². The van der Waals surface area contributed by atoms with E-state index in [0.717, 1.165) is 25.8 Å². The molecule has 2 heterocycles. The summed E-state index contributed by atoms with van der Waals surface area (Å²) in [6, 6.07) is 0. The molecule has 1 aromatic heterocycles. The molecule has 1 N–H and O–H groups in total. The highest BCUT2D eigenvalue weighted by Gasteiger charge is 2.36. The highest BCUT2D eigenvalue weighted by Crippen LogP contribution is 2.33. The van der Waals surface area contributed by atoms with Gasteiger partial charge >= 0.3 is 0 Å². The Labute approximate surface area is 136 Å². The lowest BCUT2D eigenvalue weighted by molar-refractivity contribution is -0.136. The topological polar surface area (TPSA) is 67.6 Å². The van der Waals surface area contributed by atoms with Crippen LogP contribution < -0.4 is 0 Å². The molecule has 1 aliphatic rings. The average molecular weight is 330 g/mol. The van der Waals surface area contributed by atoms with Crippen LogP contribution in [0.5, 0.6) is 0 Å². The number of likely N-dealkylation sites (tertiary alicyclic amines) is 1. The number of aliphatic hydroxyl groups excluding tert-OH is 1. The number of nitrogens with zero attached hydrogens (tertiary/aromatic N) is 3. The van der Waals surface area contributed by atoms with Crippen LogP contribution in [0.3, 0.4) is 0 Å². The van der Waals surface area contributed by atoms with E-state index in [-0.39, 0.29) is 17.9 Å². The van der Waals surface area contributed by atoms with Crippen molar-refractivity contribution in [2.45, 2.75) is 32.2 Å². The van der Waals surface area contributed by atoms with E-state index in [1.165, 1.54) is 0 Å². The molecular formula is C15H24ClN3O3. The van der Waals surface area contributed by atoms with Crippen LogP contribution in [-0.2, 0) is 16.1 Å². The quantitative estimate of drug-likeness (QED) is 0.824. The van der Waals surface area contributed by atoms with E-state index >= 15 is 0 Å². The Morgan fingerprint density at radius 1 is 1.59 bits per heavy atom. The van der Waals surface area contributed by atoms with E-state index in [9.17, 15) is 9.90 Å². The number of carbonyl (C=O) groups is 1. The molecule has 1 aromatic rings. The first-order valence-electron chi connectivity index (χ1n) is 7.64. The van der Waals surface area contributed by atoms with Gasteiger partial charge in [0.05, 0.1) is 17.8 Å². The fourth-order valence-electron chi connectivity index (χ4n) is 2.98. The molecule has 0 bridgehead atoms. The molecule has 124 valence electrons. The predicted octanol–water partition coefficient (Wildman–Crippen LogP) is 1.56. The van der Waals surface area contributed by atoms with Gasteiger partial charge in [0.25, 0.3) is 0 Å². The third-order valence-corrected chi connectivity index (χ3v) is 4.54. The van der Waals surface area contributed by atoms with Crippen molar-refractivity contribution >= 4 is 17.5 Å². The lowest BCUT2D eigenvalue weighted by Gasteiger charge is -2.42. The van der Waals surface area contributed by atoms with Gasteiger partial charge in [-0.25, -0.2) is 0 Å². The van der Waals surface area contributed by atoms with Gasteiger partial charge in [-0.05, 0) is 19.3 Å². The van der Waals surface area contributed by atoms with Crippen molar-refractivity contribution < 1.29 is 14.6 Å². The van der Waals surface area contributed by atoms with Crippen molar-refractivity contribution in [1.82, 2.24) is 14.7 Å². The van der Waals surface area contributed by atoms with Gasteiger partial charge in [-0.2, -0.15) is 5.10 Å². The Morgan fingerprint density at radius 3 is 3.05 bits per heavy atom. The fraction of sp³-hybridized carbons (Fsp3) is 0.733. The molecule has 2 rings (SSSR count). The highest BCUT2D eigenvalue weighted by atomic mass is 35.5. The zero-order valence-electron chi connectivity index (χ0n) is 13.0. The smallest absolute Gasteiger partial charge is 0.224 e. The highest BCUT2D eigenvalue weighted by molar-refractivity contribution is 6.30. The van der Waals surface area contributed by atoms with Crippen molar-refractivity contribution in [3.05, 3.63) is 17.4 Å². The second-order valence-corrected chi connectivity index (χ2v) is 6.43. The summed E-state index contributed by atoms with van der Waals surface area (Å²) in [6.45, 7) is 2.58. The fourth-order valence-corrected chi connectivity index (χ4v) is 3.14. The minimum absolute atomic E-state index is 0.0922. The number of piperidine rings is 1. The van der Waals surface area contributed by atoms with E-state index in [2.05, 4.69) is 5.10 Å². The summed E-state index contributed by atoms with van der Waals surface area (Å²) >= 11 is 5.81. The minimum atomic E-state index is -0.223. The molecule has 1 saturated heterocycles. The maximum atomic E-state index is 12.4. The van der Waals surface area contributed by atoms with Crippen LogP contribution in [0, 0.1) is 5.41 Å². The molecular weight excluding hydrogens is 306 g/mol. The van der Waals surface area contributed by atoms with Gasteiger partial charge in [0.1, 0.15) is 0 Å². The second-order valence-electron chi connectivity index (χ2n) is 5.99. The Morgan fingerprint density at radius 2 is 2.41 bits per heavy atom. The van der Waals surface area contributed by atoms with Crippen LogP contribution in [0.15, 0.2) is 12.4 Å². The lowest BCUT2D eigenvalue weighted by atomic mass is 9.78. The van der Waals surface area contributed by atoms with Crippen molar-refractivity contribution in [2.75, 3.05) is 33.4 Å². The first-order valence-corrected chi connectivity index (χ1v) is 8.02. The lowest BCUT2D eigenvalue weighted by Crippen LogP contribution is -2.48. The van der Waals surface area contributed by atoms with Gasteiger partial charge < -0.3 is 14.7 Å². The molecule has 1 fully saturated rings. The summed E-state index contributed by atoms with van der Waals surface area (Å²) in [5.41, 5.74) is -0.223. The standard InChI is InChI=1S/C15H24ClN3O3/c1-22-8-5-15(12-20)4-2-6-18(11-15)14(21)3-7-19-10-13(16)9-17-19/h9-10,20H,2-8,11-12H2,1H3/t15-/m0/s1. The summed E-state index contributed by atoms with van der Waals surface area (Å²) in [5, 5.41) is 14.4. The van der Waals surface area contributed by atoms with Gasteiger partial charge in [0.15, 0.2) is 0 Å². The van der Waals surface area contributed by atoms with Crippen molar-refractivity contribution in [3.8, 4) is 0 Å². The van der Waals surface area contributed by atoms with Gasteiger partial charge in [0, 0.05) is 51.4 Å². The zero-order valence-corrected chi connectivity index (χ0v) is 13.8. The maximum Gasteiger partial charge on any atom is 0.224 e. The van der Waals surface area contributed by atoms with Crippen molar-refractivity contribution in [3.63, 3.8) is 0 Å². The number of hydrogen-bond acceptors (Lipinski definition) is 4. The van der Waals surface area contributed by atoms with Crippen LogP contribution in [0.2, 0.25) is 5.02 Å². The molecule has 0 radical (unpaired) electrons. The van der Waals surface area contributed by atoms with Gasteiger partial charge in [-0.15, -0.1) is 0 Å². The number of aliphatic hydroxyl groups is 1. The third-order valence-electron chi connectivity index (χ3n) is 4.34. The van der Waals surface area contributed by atoms with Gasteiger partial charge in [-0.3, -0.25) is 9.48 Å². The molecule has 6 nitrogen and oxygen atoms in total. The number of ether oxygens (including phenoxy) is 1. The summed E-state index contributed by atoms with van der Waals surface area (Å²) in [7, 11) is 1.66. The Bertz CT molecular complexity index is 494. The Kier molecular flexibility index (Phi) is 6.23. The summed E-state index contributed by atoms with van der Waals surface area (Å²) in [4.78, 5) is 14.3. The van der Waals surface area contributed by atoms with Crippen LogP contribution >= 0.6 is 11.6 Å². The zero-order chi connectivity index (χ0) is 16.0. The van der Waals surface area contributed by atoms with E-state index in [1.807, 2.05) is 4.90 Å². The number of hydrogen-bond donors (Lipinski definition) is 1. The number of rotatable bonds is 7. The Balaban J connectivity index is 1.88. The van der Waals surface area contributed by atoms with Gasteiger partial charge in [0.2, 0.25) is 5.91 Å². The molecule has 22 heavy (non-hydrogen) atoms. The largest absolute Gasteiger partial charge is 0.396 e. The maximum absolute atomic E-state index is 12.4. The number of aromatic nitrogens is 2. The molecule has 1 aliphatic heterocycles. The SMILES string of the molecule is COCC[C@@]1(CO)CCCN(C(=O)CCn2cc(Cl)cn2)C1. The molecule has 1 atom stereocenters. The van der Waals surface area contributed by atoms with Crippen molar-refractivity contribution in [2.24, 2.45) is 5.41 Å². The van der Waals surface area contributed by atoms with Crippen LogP contribution in [0.4, 0.5) is 0 Å². The molecule has 7 heteroatoms. The number of aryl methyl sites for hydroxylation is 1. The molecule has 0 aromatic carbocycles.